The molecule has 0 aliphatic rings. The van der Waals surface area contributed by atoms with Gasteiger partial charge in [-0.25, -0.2) is 0 Å². The number of hydrogen-bond donors (Lipinski definition) is 2. The van der Waals surface area contributed by atoms with Gasteiger partial charge >= 0.3 is 5.97 Å². The number of carboxylic acids is 1. The van der Waals surface area contributed by atoms with Crippen molar-refractivity contribution in [1.82, 2.24) is 0 Å². The Labute approximate surface area is 94.5 Å². The molecule has 0 amide bonds. The molecule has 0 unspecified atom stereocenters. The van der Waals surface area contributed by atoms with E-state index in [4.69, 9.17) is 9.84 Å². The van der Waals surface area contributed by atoms with Crippen molar-refractivity contribution in [1.29, 1.82) is 0 Å². The van der Waals surface area contributed by atoms with Crippen LogP contribution in [-0.2, 0) is 11.2 Å². The average molecular weight is 226 g/mol. The molecular weight excluding hydrogens is 212 g/mol. The maximum Gasteiger partial charge on any atom is 0.307 e. The Morgan fingerprint density at radius 1 is 1.53 bits per heavy atom. The second kappa shape index (κ2) is 5.66. The summed E-state index contributed by atoms with van der Waals surface area (Å²) in [5, 5.41) is 8.61. The molecule has 4 heteroatoms. The number of carbonyl (C=O) groups is 1. The van der Waals surface area contributed by atoms with E-state index < -0.39 is 5.97 Å². The molecule has 15 heavy (non-hydrogen) atoms. The van der Waals surface area contributed by atoms with Crippen LogP contribution in [0, 0.1) is 0 Å². The minimum absolute atomic E-state index is 0.0155. The molecule has 0 radical (unpaired) electrons. The third-order valence-corrected chi connectivity index (χ3v) is 2.19. The first-order chi connectivity index (χ1) is 7.13. The van der Waals surface area contributed by atoms with Gasteiger partial charge in [-0.15, -0.1) is 12.6 Å². The first-order valence-electron chi connectivity index (χ1n) is 4.80. The Balaban J connectivity index is 2.74. The normalized spacial score (nSPS) is 10.0. The minimum atomic E-state index is -0.843. The summed E-state index contributed by atoms with van der Waals surface area (Å²) < 4.78 is 5.42. The molecule has 1 aromatic carbocycles. The Morgan fingerprint density at radius 2 is 2.27 bits per heavy atom. The molecule has 0 bridgehead atoms. The summed E-state index contributed by atoms with van der Waals surface area (Å²) in [6.07, 6.45) is 0.950. The van der Waals surface area contributed by atoms with Crippen molar-refractivity contribution in [2.45, 2.75) is 24.7 Å². The van der Waals surface area contributed by atoms with Crippen LogP contribution in [0.25, 0.3) is 0 Å². The summed E-state index contributed by atoms with van der Waals surface area (Å²) in [5.41, 5.74) is 0.733. The van der Waals surface area contributed by atoms with Crippen LogP contribution in [0.4, 0.5) is 0 Å². The predicted molar refractivity (Wildman–Crippen MR) is 60.8 cm³/mol. The zero-order chi connectivity index (χ0) is 11.3. The van der Waals surface area contributed by atoms with Gasteiger partial charge in [-0.1, -0.05) is 13.0 Å². The quantitative estimate of drug-likeness (QED) is 0.758. The van der Waals surface area contributed by atoms with Crippen LogP contribution in [0.2, 0.25) is 0 Å². The first kappa shape index (κ1) is 11.9. The highest BCUT2D eigenvalue weighted by Gasteiger charge is 2.04. The van der Waals surface area contributed by atoms with E-state index in [0.29, 0.717) is 17.3 Å². The molecular formula is C11H14O3S. The second-order valence-corrected chi connectivity index (χ2v) is 3.70. The summed E-state index contributed by atoms with van der Waals surface area (Å²) >= 11 is 4.24. The second-order valence-electron chi connectivity index (χ2n) is 3.22. The molecule has 1 rings (SSSR count). The number of rotatable bonds is 5. The van der Waals surface area contributed by atoms with Gasteiger partial charge in [0.15, 0.2) is 0 Å². The number of thiol groups is 1. The maximum absolute atomic E-state index is 10.5. The van der Waals surface area contributed by atoms with Gasteiger partial charge in [-0.2, -0.15) is 0 Å². The molecule has 0 aliphatic heterocycles. The van der Waals surface area contributed by atoms with Crippen molar-refractivity contribution in [2.24, 2.45) is 0 Å². The summed E-state index contributed by atoms with van der Waals surface area (Å²) in [6.45, 7) is 2.67. The molecule has 0 fully saturated rings. The van der Waals surface area contributed by atoms with Crippen LogP contribution in [0.5, 0.6) is 5.75 Å². The highest BCUT2D eigenvalue weighted by Crippen LogP contribution is 2.24. The van der Waals surface area contributed by atoms with E-state index in [1.807, 2.05) is 6.92 Å². The molecule has 3 nitrogen and oxygen atoms in total. The maximum atomic E-state index is 10.5. The highest BCUT2D eigenvalue weighted by atomic mass is 32.1. The van der Waals surface area contributed by atoms with Crippen molar-refractivity contribution in [3.05, 3.63) is 23.8 Å². The summed E-state index contributed by atoms with van der Waals surface area (Å²) in [5.74, 6) is -0.140. The van der Waals surface area contributed by atoms with Gasteiger partial charge in [-0.05, 0) is 24.1 Å². The molecule has 0 aromatic heterocycles. The van der Waals surface area contributed by atoms with Crippen LogP contribution in [0.1, 0.15) is 18.9 Å². The van der Waals surface area contributed by atoms with E-state index in [1.165, 1.54) is 0 Å². The van der Waals surface area contributed by atoms with Gasteiger partial charge in [0, 0.05) is 4.90 Å². The van der Waals surface area contributed by atoms with Crippen molar-refractivity contribution >= 4 is 18.6 Å². The van der Waals surface area contributed by atoms with Crippen LogP contribution >= 0.6 is 12.6 Å². The van der Waals surface area contributed by atoms with Crippen LogP contribution in [0.3, 0.4) is 0 Å². The molecule has 0 saturated carbocycles. The number of carboxylic acid groups (broad SMARTS) is 1. The third-order valence-electron chi connectivity index (χ3n) is 1.84. The van der Waals surface area contributed by atoms with E-state index in [0.717, 1.165) is 12.0 Å². The van der Waals surface area contributed by atoms with E-state index in [1.54, 1.807) is 18.2 Å². The lowest BCUT2D eigenvalue weighted by Gasteiger charge is -2.08. The lowest BCUT2D eigenvalue weighted by Crippen LogP contribution is -2.01. The molecule has 82 valence electrons. The summed E-state index contributed by atoms with van der Waals surface area (Å²) in [7, 11) is 0. The van der Waals surface area contributed by atoms with Gasteiger partial charge in [-0.3, -0.25) is 4.79 Å². The van der Waals surface area contributed by atoms with Crippen molar-refractivity contribution in [3.63, 3.8) is 0 Å². The molecule has 0 atom stereocenters. The van der Waals surface area contributed by atoms with Crippen LogP contribution < -0.4 is 4.74 Å². The number of benzene rings is 1. The van der Waals surface area contributed by atoms with Crippen molar-refractivity contribution in [2.75, 3.05) is 6.61 Å². The molecule has 0 spiro atoms. The predicted octanol–water partition coefficient (Wildman–Crippen LogP) is 2.39. The summed E-state index contributed by atoms with van der Waals surface area (Å²) in [6, 6.07) is 5.23. The van der Waals surface area contributed by atoms with E-state index in [2.05, 4.69) is 12.6 Å². The lowest BCUT2D eigenvalue weighted by molar-refractivity contribution is -0.136. The van der Waals surface area contributed by atoms with Crippen molar-refractivity contribution < 1.29 is 14.6 Å². The van der Waals surface area contributed by atoms with Crippen LogP contribution in [0.15, 0.2) is 23.1 Å². The van der Waals surface area contributed by atoms with Crippen LogP contribution in [-0.4, -0.2) is 17.7 Å². The Bertz CT molecular complexity index is 350. The lowest BCUT2D eigenvalue weighted by atomic mass is 10.1. The van der Waals surface area contributed by atoms with Crippen molar-refractivity contribution in [3.8, 4) is 5.75 Å². The SMILES string of the molecule is CCCOc1ccc(CC(=O)O)cc1S. The van der Waals surface area contributed by atoms with Gasteiger partial charge in [0.25, 0.3) is 0 Å². The van der Waals surface area contributed by atoms with E-state index in [9.17, 15) is 4.79 Å². The van der Waals surface area contributed by atoms with Gasteiger partial charge in [0.2, 0.25) is 0 Å². The fourth-order valence-electron chi connectivity index (χ4n) is 1.18. The minimum Gasteiger partial charge on any atom is -0.492 e. The summed E-state index contributed by atoms with van der Waals surface area (Å²) in [4.78, 5) is 11.2. The number of ether oxygens (including phenoxy) is 1. The van der Waals surface area contributed by atoms with Gasteiger partial charge in [0.1, 0.15) is 5.75 Å². The molecule has 0 saturated heterocycles. The Morgan fingerprint density at radius 3 is 2.80 bits per heavy atom. The van der Waals surface area contributed by atoms with Gasteiger partial charge < -0.3 is 9.84 Å². The molecule has 1 N–H and O–H groups in total. The standard InChI is InChI=1S/C11H14O3S/c1-2-5-14-9-4-3-8(6-10(9)15)7-11(12)13/h3-4,6,15H,2,5,7H2,1H3,(H,12,13). The Hall–Kier alpha value is -1.16. The fraction of sp³-hybridized carbons (Fsp3) is 0.364. The molecule has 0 heterocycles. The highest BCUT2D eigenvalue weighted by molar-refractivity contribution is 7.80. The smallest absolute Gasteiger partial charge is 0.307 e. The zero-order valence-electron chi connectivity index (χ0n) is 8.56. The first-order valence-corrected chi connectivity index (χ1v) is 5.24. The molecule has 0 aliphatic carbocycles. The monoisotopic (exact) mass is 226 g/mol. The van der Waals surface area contributed by atoms with Gasteiger partial charge in [0.05, 0.1) is 13.0 Å². The zero-order valence-corrected chi connectivity index (χ0v) is 9.46. The number of aliphatic carboxylic acids is 1. The van der Waals surface area contributed by atoms with E-state index in [-0.39, 0.29) is 6.42 Å². The molecule has 1 aromatic rings. The van der Waals surface area contributed by atoms with E-state index >= 15 is 0 Å². The third kappa shape index (κ3) is 3.83. The topological polar surface area (TPSA) is 46.5 Å². The number of hydrogen-bond acceptors (Lipinski definition) is 3. The fourth-order valence-corrected chi connectivity index (χ4v) is 1.49. The average Bonchev–Trinajstić information content (AvgIpc) is 2.15. The Kier molecular flexibility index (Phi) is 4.49. The largest absolute Gasteiger partial charge is 0.492 e.